The van der Waals surface area contributed by atoms with Crippen molar-refractivity contribution < 1.29 is 9.13 Å². The number of aryl methyl sites for hydroxylation is 1. The average Bonchev–Trinajstić information content (AvgIpc) is 2.82. The summed E-state index contributed by atoms with van der Waals surface area (Å²) in [6, 6.07) is 21.6. The van der Waals surface area contributed by atoms with E-state index in [1.165, 1.54) is 12.1 Å². The maximum atomic E-state index is 13.4. The van der Waals surface area contributed by atoms with E-state index in [4.69, 9.17) is 17.0 Å². The van der Waals surface area contributed by atoms with Crippen LogP contribution in [0.2, 0.25) is 0 Å². The van der Waals surface area contributed by atoms with Crippen LogP contribution in [0, 0.1) is 12.7 Å². The van der Waals surface area contributed by atoms with Gasteiger partial charge in [0.1, 0.15) is 11.6 Å². The van der Waals surface area contributed by atoms with Gasteiger partial charge in [0.05, 0.1) is 13.2 Å². The molecule has 4 rings (SSSR count). The van der Waals surface area contributed by atoms with E-state index in [9.17, 15) is 9.18 Å². The van der Waals surface area contributed by atoms with Crippen LogP contribution in [0.5, 0.6) is 5.75 Å². The lowest BCUT2D eigenvalue weighted by Crippen LogP contribution is -2.35. The van der Waals surface area contributed by atoms with E-state index < -0.39 is 0 Å². The molecule has 0 saturated heterocycles. The Hall–Kier alpha value is -3.71. The highest BCUT2D eigenvalue weighted by Gasteiger charge is 2.15. The number of nitrogens with one attached hydrogen (secondary N) is 2. The minimum Gasteiger partial charge on any atom is -0.494 e. The molecule has 1 aromatic heterocycles. The Kier molecular flexibility index (Phi) is 7.23. The summed E-state index contributed by atoms with van der Waals surface area (Å²) < 4.78 is 18.9. The van der Waals surface area contributed by atoms with Crippen molar-refractivity contribution in [3.8, 4) is 5.75 Å². The number of rotatable bonds is 7. The molecule has 4 aromatic rings. The van der Waals surface area contributed by atoms with Gasteiger partial charge in [-0.2, -0.15) is 0 Å². The van der Waals surface area contributed by atoms with Gasteiger partial charge in [-0.3, -0.25) is 4.79 Å². The molecular weight excluding hydrogens is 449 g/mol. The lowest BCUT2D eigenvalue weighted by Gasteiger charge is -2.26. The third kappa shape index (κ3) is 5.80. The molecule has 34 heavy (non-hydrogen) atoms. The van der Waals surface area contributed by atoms with Crippen LogP contribution in [0.1, 0.15) is 23.6 Å². The zero-order valence-electron chi connectivity index (χ0n) is 19.1. The summed E-state index contributed by atoms with van der Waals surface area (Å²) in [5.74, 6) is 0.478. The number of aromatic amines is 1. The van der Waals surface area contributed by atoms with E-state index in [0.29, 0.717) is 30.4 Å². The summed E-state index contributed by atoms with van der Waals surface area (Å²) in [6.07, 6.45) is 0. The number of pyridine rings is 1. The number of hydrogen-bond acceptors (Lipinski definition) is 3. The van der Waals surface area contributed by atoms with Gasteiger partial charge in [-0.15, -0.1) is 0 Å². The number of aromatic nitrogens is 1. The lowest BCUT2D eigenvalue weighted by molar-refractivity contribution is 0.340. The van der Waals surface area contributed by atoms with Crippen molar-refractivity contribution in [2.45, 2.75) is 26.9 Å². The normalized spacial score (nSPS) is 10.8. The first-order chi connectivity index (χ1) is 16.4. The van der Waals surface area contributed by atoms with Gasteiger partial charge < -0.3 is 19.9 Å². The summed E-state index contributed by atoms with van der Waals surface area (Å²) in [5, 5.41) is 4.65. The quantitative estimate of drug-likeness (QED) is 0.332. The van der Waals surface area contributed by atoms with Crippen LogP contribution >= 0.6 is 12.2 Å². The molecule has 0 aliphatic heterocycles. The van der Waals surface area contributed by atoms with E-state index >= 15 is 0 Å². The number of anilines is 1. The minimum absolute atomic E-state index is 0.161. The average molecular weight is 476 g/mol. The van der Waals surface area contributed by atoms with Crippen molar-refractivity contribution in [1.82, 2.24) is 9.88 Å². The molecule has 5 nitrogen and oxygen atoms in total. The lowest BCUT2D eigenvalue weighted by atomic mass is 10.1. The molecule has 0 bridgehead atoms. The van der Waals surface area contributed by atoms with E-state index in [-0.39, 0.29) is 11.4 Å². The highest BCUT2D eigenvalue weighted by molar-refractivity contribution is 7.80. The molecule has 0 aliphatic carbocycles. The smallest absolute Gasteiger partial charge is 0.253 e. The first-order valence-electron chi connectivity index (χ1n) is 11.1. The second-order valence-electron chi connectivity index (χ2n) is 8.08. The Labute approximate surface area is 203 Å². The van der Waals surface area contributed by atoms with Crippen LogP contribution in [0.25, 0.3) is 10.9 Å². The first-order valence-corrected chi connectivity index (χ1v) is 11.5. The number of fused-ring (bicyclic) bond motifs is 1. The number of H-pyrrole nitrogens is 1. The van der Waals surface area contributed by atoms with E-state index in [2.05, 4.69) is 10.3 Å². The zero-order chi connectivity index (χ0) is 24.1. The van der Waals surface area contributed by atoms with Gasteiger partial charge in [0, 0.05) is 23.3 Å². The fraction of sp³-hybridized carbons (Fsp3) is 0.185. The van der Waals surface area contributed by atoms with Crippen LogP contribution < -0.4 is 15.6 Å². The molecule has 1 heterocycles. The predicted molar refractivity (Wildman–Crippen MR) is 139 cm³/mol. The van der Waals surface area contributed by atoms with Crippen LogP contribution in [-0.4, -0.2) is 21.6 Å². The van der Waals surface area contributed by atoms with E-state index in [1.54, 1.807) is 12.1 Å². The van der Waals surface area contributed by atoms with Crippen molar-refractivity contribution in [2.75, 3.05) is 11.9 Å². The number of hydrogen-bond donors (Lipinski definition) is 2. The van der Waals surface area contributed by atoms with Gasteiger partial charge in [0.25, 0.3) is 5.56 Å². The summed E-state index contributed by atoms with van der Waals surface area (Å²) in [7, 11) is 0. The van der Waals surface area contributed by atoms with Crippen molar-refractivity contribution in [3.63, 3.8) is 0 Å². The van der Waals surface area contributed by atoms with Crippen LogP contribution in [0.4, 0.5) is 10.1 Å². The molecular formula is C27H26FN3O2S. The Morgan fingerprint density at radius 2 is 1.76 bits per heavy atom. The topological polar surface area (TPSA) is 57.4 Å². The molecule has 7 heteroatoms. The van der Waals surface area contributed by atoms with Crippen LogP contribution in [0.15, 0.2) is 77.6 Å². The van der Waals surface area contributed by atoms with Gasteiger partial charge in [0.15, 0.2) is 5.11 Å². The number of thiocarbonyl (C=S) groups is 1. The molecule has 0 saturated carbocycles. The SMILES string of the molecule is CCOc1ccc(NC(=S)N(Cc2ccc(F)cc2)Cc2cc3ccc(C)cc3[nH]c2=O)cc1. The second-order valence-corrected chi connectivity index (χ2v) is 8.47. The molecule has 0 radical (unpaired) electrons. The van der Waals surface area contributed by atoms with Crippen LogP contribution in [0.3, 0.4) is 0 Å². The van der Waals surface area contributed by atoms with Gasteiger partial charge in [-0.1, -0.05) is 24.3 Å². The predicted octanol–water partition coefficient (Wildman–Crippen LogP) is 5.77. The van der Waals surface area contributed by atoms with Gasteiger partial charge in [-0.05, 0) is 91.1 Å². The fourth-order valence-electron chi connectivity index (χ4n) is 3.70. The first kappa shape index (κ1) is 23.4. The summed E-state index contributed by atoms with van der Waals surface area (Å²) >= 11 is 5.72. The van der Waals surface area contributed by atoms with E-state index in [1.807, 2.05) is 67.3 Å². The Balaban J connectivity index is 1.60. The number of ether oxygens (including phenoxy) is 1. The number of halogens is 1. The van der Waals surface area contributed by atoms with Crippen LogP contribution in [-0.2, 0) is 13.1 Å². The third-order valence-corrected chi connectivity index (χ3v) is 5.79. The third-order valence-electron chi connectivity index (χ3n) is 5.43. The minimum atomic E-state index is -0.299. The number of nitrogens with zero attached hydrogens (tertiary/aromatic N) is 1. The number of benzene rings is 3. The molecule has 3 aromatic carbocycles. The van der Waals surface area contributed by atoms with Crippen molar-refractivity contribution in [1.29, 1.82) is 0 Å². The Morgan fingerprint density at radius 3 is 2.47 bits per heavy atom. The maximum absolute atomic E-state index is 13.4. The monoisotopic (exact) mass is 475 g/mol. The molecule has 0 amide bonds. The maximum Gasteiger partial charge on any atom is 0.253 e. The summed E-state index contributed by atoms with van der Waals surface area (Å²) in [4.78, 5) is 17.7. The largest absolute Gasteiger partial charge is 0.494 e. The fourth-order valence-corrected chi connectivity index (χ4v) is 3.94. The Bertz CT molecular complexity index is 1350. The highest BCUT2D eigenvalue weighted by Crippen LogP contribution is 2.19. The molecule has 2 N–H and O–H groups in total. The van der Waals surface area contributed by atoms with Crippen molar-refractivity contribution in [3.05, 3.63) is 106 Å². The summed E-state index contributed by atoms with van der Waals surface area (Å²) in [5.41, 5.74) is 3.99. The molecule has 174 valence electrons. The van der Waals surface area contributed by atoms with Gasteiger partial charge >= 0.3 is 0 Å². The molecule has 0 atom stereocenters. The highest BCUT2D eigenvalue weighted by atomic mass is 32.1. The van der Waals surface area contributed by atoms with Gasteiger partial charge in [0.2, 0.25) is 0 Å². The molecule has 0 unspecified atom stereocenters. The summed E-state index contributed by atoms with van der Waals surface area (Å²) in [6.45, 7) is 5.22. The standard InChI is InChI=1S/C27H26FN3O2S/c1-3-33-24-12-10-23(11-13-24)29-27(34)31(16-19-5-8-22(28)9-6-19)17-21-15-20-7-4-18(2)14-25(20)30-26(21)32/h4-15H,3,16-17H2,1-2H3,(H,29,34)(H,30,32). The second kappa shape index (κ2) is 10.5. The van der Waals surface area contributed by atoms with Crippen molar-refractivity contribution in [2.24, 2.45) is 0 Å². The molecule has 0 aliphatic rings. The van der Waals surface area contributed by atoms with Crippen molar-refractivity contribution >= 4 is 33.9 Å². The zero-order valence-corrected chi connectivity index (χ0v) is 19.9. The van der Waals surface area contributed by atoms with E-state index in [0.717, 1.165) is 33.5 Å². The Morgan fingerprint density at radius 1 is 1.03 bits per heavy atom. The molecule has 0 fully saturated rings. The molecule has 0 spiro atoms. The van der Waals surface area contributed by atoms with Gasteiger partial charge in [-0.25, -0.2) is 4.39 Å².